The summed E-state index contributed by atoms with van der Waals surface area (Å²) in [6.07, 6.45) is 4.24. The molecule has 104 valence electrons. The van der Waals surface area contributed by atoms with Crippen LogP contribution in [0.25, 0.3) is 0 Å². The molecule has 1 atom stereocenters. The Labute approximate surface area is 113 Å². The highest BCUT2D eigenvalue weighted by Crippen LogP contribution is 2.23. The van der Waals surface area contributed by atoms with E-state index in [1.54, 1.807) is 12.1 Å². The van der Waals surface area contributed by atoms with Crippen LogP contribution in [0.2, 0.25) is 0 Å². The monoisotopic (exact) mass is 265 g/mol. The highest BCUT2D eigenvalue weighted by Gasteiger charge is 2.22. The van der Waals surface area contributed by atoms with Crippen LogP contribution < -0.4 is 0 Å². The molecule has 1 aliphatic rings. The number of benzene rings is 1. The van der Waals surface area contributed by atoms with Gasteiger partial charge in [-0.05, 0) is 43.5 Å². The van der Waals surface area contributed by atoms with Crippen LogP contribution in [0.1, 0.15) is 37.7 Å². The minimum absolute atomic E-state index is 0.211. The molecule has 0 amide bonds. The number of carboxylic acid groups (broad SMARTS) is 1. The van der Waals surface area contributed by atoms with E-state index >= 15 is 0 Å². The average molecular weight is 265 g/mol. The first kappa shape index (κ1) is 14.0. The standard InChI is InChI=1S/C15H20FNO2/c16-13-5-3-4-12(10-13)11-17-9-2-1-6-14(17)7-8-15(18)19/h3-5,10,14H,1-2,6-9,11H2,(H,18,19). The first-order valence-electron chi connectivity index (χ1n) is 6.85. The van der Waals surface area contributed by atoms with Gasteiger partial charge >= 0.3 is 5.97 Å². The van der Waals surface area contributed by atoms with Crippen LogP contribution in [-0.4, -0.2) is 28.6 Å². The molecule has 1 heterocycles. The molecular formula is C15H20FNO2. The summed E-state index contributed by atoms with van der Waals surface area (Å²) in [5.41, 5.74) is 0.960. The third kappa shape index (κ3) is 4.31. The zero-order valence-electron chi connectivity index (χ0n) is 11.0. The van der Waals surface area contributed by atoms with Crippen LogP contribution >= 0.6 is 0 Å². The summed E-state index contributed by atoms with van der Waals surface area (Å²) in [5, 5.41) is 8.79. The first-order chi connectivity index (χ1) is 9.15. The Balaban J connectivity index is 1.97. The molecule has 1 N–H and O–H groups in total. The molecule has 1 saturated heterocycles. The Hall–Kier alpha value is -1.42. The van der Waals surface area contributed by atoms with Crippen molar-refractivity contribution in [2.45, 2.75) is 44.7 Å². The lowest BCUT2D eigenvalue weighted by Crippen LogP contribution is -2.39. The maximum Gasteiger partial charge on any atom is 0.303 e. The van der Waals surface area contributed by atoms with Crippen molar-refractivity contribution >= 4 is 5.97 Å². The summed E-state index contributed by atoms with van der Waals surface area (Å²) < 4.78 is 13.2. The highest BCUT2D eigenvalue weighted by atomic mass is 19.1. The van der Waals surface area contributed by atoms with Crippen molar-refractivity contribution in [2.75, 3.05) is 6.54 Å². The smallest absolute Gasteiger partial charge is 0.303 e. The molecule has 1 fully saturated rings. The van der Waals surface area contributed by atoms with Crippen LogP contribution in [-0.2, 0) is 11.3 Å². The minimum atomic E-state index is -0.740. The molecule has 0 aliphatic carbocycles. The highest BCUT2D eigenvalue weighted by molar-refractivity contribution is 5.66. The summed E-state index contributed by atoms with van der Waals surface area (Å²) in [6.45, 7) is 1.68. The molecule has 1 aromatic rings. The number of piperidine rings is 1. The zero-order valence-corrected chi connectivity index (χ0v) is 11.0. The maximum atomic E-state index is 13.2. The molecule has 1 aliphatic heterocycles. The summed E-state index contributed by atoms with van der Waals surface area (Å²) in [5.74, 6) is -0.951. The van der Waals surface area contributed by atoms with Crippen molar-refractivity contribution in [3.8, 4) is 0 Å². The zero-order chi connectivity index (χ0) is 13.7. The number of carbonyl (C=O) groups is 1. The van der Waals surface area contributed by atoms with Gasteiger partial charge in [0.25, 0.3) is 0 Å². The quantitative estimate of drug-likeness (QED) is 0.889. The molecule has 0 radical (unpaired) electrons. The third-order valence-corrected chi connectivity index (χ3v) is 3.72. The number of likely N-dealkylation sites (tertiary alicyclic amines) is 1. The molecular weight excluding hydrogens is 245 g/mol. The molecule has 3 nitrogen and oxygen atoms in total. The van der Waals surface area contributed by atoms with Crippen LogP contribution in [0.5, 0.6) is 0 Å². The van der Waals surface area contributed by atoms with Gasteiger partial charge in [0.15, 0.2) is 0 Å². The molecule has 1 aromatic carbocycles. The lowest BCUT2D eigenvalue weighted by molar-refractivity contribution is -0.137. The van der Waals surface area contributed by atoms with Crippen LogP contribution in [0.4, 0.5) is 4.39 Å². The number of rotatable bonds is 5. The molecule has 0 saturated carbocycles. The Morgan fingerprint density at radius 3 is 3.00 bits per heavy atom. The van der Waals surface area contributed by atoms with E-state index < -0.39 is 5.97 Å². The predicted molar refractivity (Wildman–Crippen MR) is 71.3 cm³/mol. The van der Waals surface area contributed by atoms with Gasteiger partial charge < -0.3 is 5.11 Å². The number of nitrogens with zero attached hydrogens (tertiary/aromatic N) is 1. The summed E-state index contributed by atoms with van der Waals surface area (Å²) in [6, 6.07) is 6.96. The lowest BCUT2D eigenvalue weighted by atomic mass is 9.97. The van der Waals surface area contributed by atoms with Crippen molar-refractivity contribution in [2.24, 2.45) is 0 Å². The van der Waals surface area contributed by atoms with E-state index in [1.807, 2.05) is 6.07 Å². The SMILES string of the molecule is O=C(O)CCC1CCCCN1Cc1cccc(F)c1. The van der Waals surface area contributed by atoms with Gasteiger partial charge in [-0.1, -0.05) is 18.6 Å². The number of hydrogen-bond donors (Lipinski definition) is 1. The fraction of sp³-hybridized carbons (Fsp3) is 0.533. The van der Waals surface area contributed by atoms with Gasteiger partial charge in [0.05, 0.1) is 0 Å². The molecule has 0 aromatic heterocycles. The van der Waals surface area contributed by atoms with Gasteiger partial charge in [-0.3, -0.25) is 9.69 Å². The van der Waals surface area contributed by atoms with Gasteiger partial charge in [-0.15, -0.1) is 0 Å². The Kier molecular flexibility index (Phi) is 4.91. The van der Waals surface area contributed by atoms with E-state index in [0.717, 1.165) is 31.4 Å². The molecule has 4 heteroatoms. The average Bonchev–Trinajstić information content (AvgIpc) is 2.38. The molecule has 0 bridgehead atoms. The number of carboxylic acids is 1. The second-order valence-corrected chi connectivity index (χ2v) is 5.18. The van der Waals surface area contributed by atoms with E-state index in [4.69, 9.17) is 5.11 Å². The summed E-state index contributed by atoms with van der Waals surface area (Å²) in [4.78, 5) is 13.0. The van der Waals surface area contributed by atoms with Crippen LogP contribution in [0, 0.1) is 5.82 Å². The first-order valence-corrected chi connectivity index (χ1v) is 6.85. The lowest BCUT2D eigenvalue weighted by Gasteiger charge is -2.35. The Bertz CT molecular complexity index is 436. The molecule has 0 spiro atoms. The van der Waals surface area contributed by atoms with Crippen molar-refractivity contribution in [1.82, 2.24) is 4.90 Å². The maximum absolute atomic E-state index is 13.2. The predicted octanol–water partition coefficient (Wildman–Crippen LogP) is 3.05. The fourth-order valence-electron chi connectivity index (χ4n) is 2.75. The minimum Gasteiger partial charge on any atom is -0.481 e. The van der Waals surface area contributed by atoms with E-state index in [-0.39, 0.29) is 12.2 Å². The van der Waals surface area contributed by atoms with Crippen molar-refractivity contribution < 1.29 is 14.3 Å². The van der Waals surface area contributed by atoms with Gasteiger partial charge in [-0.2, -0.15) is 0 Å². The fourth-order valence-corrected chi connectivity index (χ4v) is 2.75. The van der Waals surface area contributed by atoms with Gasteiger partial charge in [-0.25, -0.2) is 4.39 Å². The normalized spacial score (nSPS) is 20.4. The summed E-state index contributed by atoms with van der Waals surface area (Å²) >= 11 is 0. The summed E-state index contributed by atoms with van der Waals surface area (Å²) in [7, 11) is 0. The number of hydrogen-bond acceptors (Lipinski definition) is 2. The van der Waals surface area contributed by atoms with Crippen LogP contribution in [0.3, 0.4) is 0 Å². The van der Waals surface area contributed by atoms with Gasteiger partial charge in [0.2, 0.25) is 0 Å². The van der Waals surface area contributed by atoms with Crippen LogP contribution in [0.15, 0.2) is 24.3 Å². The van der Waals surface area contributed by atoms with Gasteiger partial charge in [0.1, 0.15) is 5.82 Å². The van der Waals surface area contributed by atoms with E-state index in [1.165, 1.54) is 6.07 Å². The van der Waals surface area contributed by atoms with E-state index in [0.29, 0.717) is 19.0 Å². The topological polar surface area (TPSA) is 40.5 Å². The van der Waals surface area contributed by atoms with Crippen molar-refractivity contribution in [3.63, 3.8) is 0 Å². The second-order valence-electron chi connectivity index (χ2n) is 5.18. The van der Waals surface area contributed by atoms with E-state index in [9.17, 15) is 9.18 Å². The van der Waals surface area contributed by atoms with Gasteiger partial charge in [0, 0.05) is 19.0 Å². The number of halogens is 1. The van der Waals surface area contributed by atoms with Crippen molar-refractivity contribution in [3.05, 3.63) is 35.6 Å². The Morgan fingerprint density at radius 1 is 1.42 bits per heavy atom. The van der Waals surface area contributed by atoms with E-state index in [2.05, 4.69) is 4.90 Å². The van der Waals surface area contributed by atoms with Crippen molar-refractivity contribution in [1.29, 1.82) is 0 Å². The second kappa shape index (κ2) is 6.66. The molecule has 2 rings (SSSR count). The molecule has 1 unspecified atom stereocenters. The number of aliphatic carboxylic acids is 1. The molecule has 19 heavy (non-hydrogen) atoms. The Morgan fingerprint density at radius 2 is 2.26 bits per heavy atom. The largest absolute Gasteiger partial charge is 0.481 e. The third-order valence-electron chi connectivity index (χ3n) is 3.72.